The van der Waals surface area contributed by atoms with Crippen molar-refractivity contribution in [2.75, 3.05) is 0 Å². The summed E-state index contributed by atoms with van der Waals surface area (Å²) in [6.07, 6.45) is 0. The Kier molecular flexibility index (Phi) is 5.61. The van der Waals surface area contributed by atoms with Gasteiger partial charge < -0.3 is 0 Å². The van der Waals surface area contributed by atoms with E-state index < -0.39 is 0 Å². The highest BCUT2D eigenvalue weighted by molar-refractivity contribution is 6.05. The fraction of sp³-hybridized carbons (Fsp3) is 0.0851. The van der Waals surface area contributed by atoms with Crippen molar-refractivity contribution >= 4 is 21.7 Å². The zero-order valence-corrected chi connectivity index (χ0v) is 27.0. The Labute approximate surface area is 281 Å². The van der Waals surface area contributed by atoms with Crippen molar-refractivity contribution < 1.29 is 0 Å². The molecule has 10 rings (SSSR count). The number of rotatable bonds is 2. The summed E-state index contributed by atoms with van der Waals surface area (Å²) >= 11 is 0. The molecule has 1 heterocycles. The van der Waals surface area contributed by atoms with E-state index in [-0.39, 0.29) is 10.8 Å². The molecule has 1 aromatic heterocycles. The second-order valence-electron chi connectivity index (χ2n) is 13.9. The first-order valence-corrected chi connectivity index (χ1v) is 16.9. The highest BCUT2D eigenvalue weighted by atomic mass is 14.7. The third kappa shape index (κ3) is 3.54. The molecule has 0 fully saturated rings. The van der Waals surface area contributed by atoms with E-state index in [1.54, 1.807) is 0 Å². The number of benzene rings is 7. The number of nitrogens with zero attached hydrogens (tertiary/aromatic N) is 1. The predicted molar refractivity (Wildman–Crippen MR) is 200 cm³/mol. The van der Waals surface area contributed by atoms with Gasteiger partial charge in [-0.25, -0.2) is 4.98 Å². The van der Waals surface area contributed by atoms with E-state index in [2.05, 4.69) is 178 Å². The third-order valence-corrected chi connectivity index (χ3v) is 11.1. The predicted octanol–water partition coefficient (Wildman–Crippen LogP) is 11.7. The third-order valence-electron chi connectivity index (χ3n) is 11.1. The Balaban J connectivity index is 1.18. The summed E-state index contributed by atoms with van der Waals surface area (Å²) in [6.45, 7) is 4.82. The minimum Gasteiger partial charge on any atom is -0.247 e. The quantitative estimate of drug-likeness (QED) is 0.177. The lowest BCUT2D eigenvalue weighted by atomic mass is 9.54. The first kappa shape index (κ1) is 27.3. The van der Waals surface area contributed by atoms with Gasteiger partial charge in [0, 0.05) is 21.8 Å². The molecule has 7 aromatic carbocycles. The minimum atomic E-state index is -0.387. The fourth-order valence-electron chi connectivity index (χ4n) is 9.07. The number of aromatic nitrogens is 1. The average Bonchev–Trinajstić information content (AvgIpc) is 3.44. The summed E-state index contributed by atoms with van der Waals surface area (Å²) in [6, 6.07) is 60.5. The average molecular weight is 612 g/mol. The topological polar surface area (TPSA) is 12.9 Å². The molecule has 0 atom stereocenters. The van der Waals surface area contributed by atoms with Crippen LogP contribution in [0.5, 0.6) is 0 Å². The zero-order valence-electron chi connectivity index (χ0n) is 27.0. The Morgan fingerprint density at radius 3 is 1.69 bits per heavy atom. The molecule has 0 radical (unpaired) electrons. The maximum atomic E-state index is 5.19. The Morgan fingerprint density at radius 1 is 0.396 bits per heavy atom. The van der Waals surface area contributed by atoms with Crippen molar-refractivity contribution in [1.82, 2.24) is 4.98 Å². The number of pyridine rings is 1. The molecule has 0 unspecified atom stereocenters. The molecule has 0 saturated heterocycles. The molecule has 1 heteroatoms. The number of fused-ring (bicyclic) bond motifs is 12. The lowest BCUT2D eigenvalue weighted by molar-refractivity contribution is 0.565. The van der Waals surface area contributed by atoms with Crippen LogP contribution >= 0.6 is 0 Å². The lowest BCUT2D eigenvalue weighted by Gasteiger charge is -2.47. The lowest BCUT2D eigenvalue weighted by Crippen LogP contribution is -2.41. The van der Waals surface area contributed by atoms with Crippen LogP contribution in [0.3, 0.4) is 0 Å². The molecule has 0 saturated carbocycles. The van der Waals surface area contributed by atoms with E-state index >= 15 is 0 Å². The second-order valence-corrected chi connectivity index (χ2v) is 13.9. The minimum absolute atomic E-state index is 0.208. The highest BCUT2D eigenvalue weighted by Gasteiger charge is 2.53. The standard InChI is InChI=1S/C47H33N/c1-46(2)40-19-9-10-20-41(40)47(38-17-7-5-14-36(38)37-15-6-8-18-39(37)47)42-21-11-16-34(44(42)46)31-22-25-32(26-23-31)43-29-28-33-27-24-30-12-3-4-13-35(30)45(33)48-43/h3-29H,1-2H3. The van der Waals surface area contributed by atoms with Crippen LogP contribution in [0.25, 0.3) is 55.2 Å². The molecule has 8 aromatic rings. The van der Waals surface area contributed by atoms with Crippen LogP contribution in [0.15, 0.2) is 164 Å². The van der Waals surface area contributed by atoms with E-state index in [1.807, 2.05) is 0 Å². The highest BCUT2D eigenvalue weighted by Crippen LogP contribution is 2.63. The van der Waals surface area contributed by atoms with Crippen LogP contribution in [-0.2, 0) is 10.8 Å². The molecule has 0 aliphatic heterocycles. The van der Waals surface area contributed by atoms with Crippen molar-refractivity contribution in [2.24, 2.45) is 0 Å². The van der Waals surface area contributed by atoms with Gasteiger partial charge in [0.25, 0.3) is 0 Å². The molecule has 226 valence electrons. The van der Waals surface area contributed by atoms with Crippen molar-refractivity contribution in [2.45, 2.75) is 24.7 Å². The zero-order chi connectivity index (χ0) is 32.0. The molecule has 48 heavy (non-hydrogen) atoms. The summed E-state index contributed by atoms with van der Waals surface area (Å²) in [5, 5.41) is 3.57. The maximum absolute atomic E-state index is 5.19. The molecule has 1 spiro atoms. The van der Waals surface area contributed by atoms with E-state index in [4.69, 9.17) is 4.98 Å². The summed E-state index contributed by atoms with van der Waals surface area (Å²) < 4.78 is 0. The van der Waals surface area contributed by atoms with E-state index in [0.717, 1.165) is 22.2 Å². The molecular weight excluding hydrogens is 579 g/mol. The summed E-state index contributed by atoms with van der Waals surface area (Å²) in [5.41, 5.74) is 16.1. The normalized spacial score (nSPS) is 14.8. The van der Waals surface area contributed by atoms with Crippen LogP contribution in [0.1, 0.15) is 47.2 Å². The molecule has 1 nitrogen and oxygen atoms in total. The second kappa shape index (κ2) is 9.86. The van der Waals surface area contributed by atoms with Crippen molar-refractivity contribution in [3.63, 3.8) is 0 Å². The van der Waals surface area contributed by atoms with Crippen LogP contribution in [-0.4, -0.2) is 4.98 Å². The van der Waals surface area contributed by atoms with Crippen molar-refractivity contribution in [3.05, 3.63) is 197 Å². The van der Waals surface area contributed by atoms with Crippen molar-refractivity contribution in [3.8, 4) is 33.5 Å². The summed E-state index contributed by atoms with van der Waals surface area (Å²) in [7, 11) is 0. The van der Waals surface area contributed by atoms with Gasteiger partial charge in [-0.1, -0.05) is 172 Å². The van der Waals surface area contributed by atoms with Gasteiger partial charge in [-0.15, -0.1) is 0 Å². The molecule has 0 N–H and O–H groups in total. The summed E-state index contributed by atoms with van der Waals surface area (Å²) in [5.74, 6) is 0. The van der Waals surface area contributed by atoms with Gasteiger partial charge in [0.1, 0.15) is 0 Å². The fourth-order valence-corrected chi connectivity index (χ4v) is 9.07. The van der Waals surface area contributed by atoms with Gasteiger partial charge in [0.2, 0.25) is 0 Å². The first-order valence-electron chi connectivity index (χ1n) is 16.9. The van der Waals surface area contributed by atoms with E-state index in [1.165, 1.54) is 66.4 Å². The van der Waals surface area contributed by atoms with Crippen LogP contribution in [0.2, 0.25) is 0 Å². The molecule has 2 aliphatic carbocycles. The van der Waals surface area contributed by atoms with Gasteiger partial charge in [-0.3, -0.25) is 0 Å². The largest absolute Gasteiger partial charge is 0.247 e. The van der Waals surface area contributed by atoms with Crippen LogP contribution in [0.4, 0.5) is 0 Å². The van der Waals surface area contributed by atoms with E-state index in [9.17, 15) is 0 Å². The molecule has 0 bridgehead atoms. The number of hydrogen-bond donors (Lipinski definition) is 0. The van der Waals surface area contributed by atoms with Crippen LogP contribution in [0, 0.1) is 0 Å². The van der Waals surface area contributed by atoms with Gasteiger partial charge in [0.05, 0.1) is 16.6 Å². The van der Waals surface area contributed by atoms with Gasteiger partial charge in [0.15, 0.2) is 0 Å². The first-order chi connectivity index (χ1) is 23.6. The molecular formula is C47H33N. The van der Waals surface area contributed by atoms with Gasteiger partial charge >= 0.3 is 0 Å². The smallest absolute Gasteiger partial charge is 0.0787 e. The number of hydrogen-bond acceptors (Lipinski definition) is 1. The molecule has 0 amide bonds. The SMILES string of the molecule is CC1(C)c2ccccc2C2(c3ccccc3-c3ccccc32)c2cccc(-c3ccc(-c4ccc5ccc6ccccc6c5n4)cc3)c21. The Bertz CT molecular complexity index is 2540. The van der Waals surface area contributed by atoms with Gasteiger partial charge in [-0.05, 0) is 67.1 Å². The maximum Gasteiger partial charge on any atom is 0.0787 e. The van der Waals surface area contributed by atoms with Crippen molar-refractivity contribution in [1.29, 1.82) is 0 Å². The monoisotopic (exact) mass is 611 g/mol. The summed E-state index contributed by atoms with van der Waals surface area (Å²) in [4.78, 5) is 5.19. The van der Waals surface area contributed by atoms with Crippen LogP contribution < -0.4 is 0 Å². The molecule has 2 aliphatic rings. The Morgan fingerprint density at radius 2 is 0.938 bits per heavy atom. The van der Waals surface area contributed by atoms with E-state index in [0.29, 0.717) is 0 Å². The Hall–Kier alpha value is -5.79. The van der Waals surface area contributed by atoms with Gasteiger partial charge in [-0.2, -0.15) is 0 Å².